The first-order valence-corrected chi connectivity index (χ1v) is 5.45. The summed E-state index contributed by atoms with van der Waals surface area (Å²) in [7, 11) is 0. The smallest absolute Gasteiger partial charge is 0.0760 e. The summed E-state index contributed by atoms with van der Waals surface area (Å²) < 4.78 is 0. The summed E-state index contributed by atoms with van der Waals surface area (Å²) in [5.74, 6) is 0.396. The van der Waals surface area contributed by atoms with Gasteiger partial charge in [0.25, 0.3) is 0 Å². The van der Waals surface area contributed by atoms with Crippen LogP contribution in [0.1, 0.15) is 28.8 Å². The van der Waals surface area contributed by atoms with Gasteiger partial charge in [0, 0.05) is 24.5 Å². The highest BCUT2D eigenvalue weighted by atomic mass is 14.8. The molecule has 2 atom stereocenters. The van der Waals surface area contributed by atoms with Gasteiger partial charge in [0.05, 0.1) is 11.7 Å². The molecule has 3 heteroatoms. The molecule has 0 bridgehead atoms. The fourth-order valence-corrected chi connectivity index (χ4v) is 2.31. The molecule has 0 fully saturated rings. The molecule has 0 saturated carbocycles. The Morgan fingerprint density at radius 2 is 2.12 bits per heavy atom. The Kier molecular flexibility index (Phi) is 2.18. The quantitative estimate of drug-likeness (QED) is 0.824. The van der Waals surface area contributed by atoms with Crippen LogP contribution in [0.15, 0.2) is 42.9 Å². The van der Waals surface area contributed by atoms with Crippen molar-refractivity contribution in [1.29, 1.82) is 0 Å². The van der Waals surface area contributed by atoms with Gasteiger partial charge in [0.1, 0.15) is 0 Å². The summed E-state index contributed by atoms with van der Waals surface area (Å²) in [6, 6.07) is 8.41. The Hall–Kier alpha value is -1.74. The average Bonchev–Trinajstić information content (AvgIpc) is 2.32. The molecule has 3 rings (SSSR count). The van der Waals surface area contributed by atoms with E-state index in [1.807, 2.05) is 0 Å². The summed E-state index contributed by atoms with van der Waals surface area (Å²) in [6.07, 6.45) is 6.17. The summed E-state index contributed by atoms with van der Waals surface area (Å²) in [6.45, 7) is 0. The lowest BCUT2D eigenvalue weighted by Crippen LogP contribution is -2.29. The minimum Gasteiger partial charge on any atom is -0.322 e. The van der Waals surface area contributed by atoms with Crippen LogP contribution in [0.5, 0.6) is 0 Å². The van der Waals surface area contributed by atoms with Crippen molar-refractivity contribution in [1.82, 2.24) is 9.97 Å². The van der Waals surface area contributed by atoms with Gasteiger partial charge in [0.15, 0.2) is 0 Å². The van der Waals surface area contributed by atoms with E-state index in [1.54, 1.807) is 18.6 Å². The molecule has 1 aromatic carbocycles. The average molecular weight is 211 g/mol. The normalized spacial score (nSPS) is 19.7. The lowest BCUT2D eigenvalue weighted by atomic mass is 9.73. The molecule has 2 N–H and O–H groups in total. The van der Waals surface area contributed by atoms with Crippen LogP contribution >= 0.6 is 0 Å². The van der Waals surface area contributed by atoms with E-state index in [0.29, 0.717) is 5.92 Å². The third-order valence-electron chi connectivity index (χ3n) is 3.25. The van der Waals surface area contributed by atoms with E-state index in [-0.39, 0.29) is 6.04 Å². The van der Waals surface area contributed by atoms with Crippen LogP contribution in [-0.4, -0.2) is 9.97 Å². The van der Waals surface area contributed by atoms with Crippen LogP contribution in [-0.2, 0) is 6.42 Å². The second kappa shape index (κ2) is 3.68. The predicted molar refractivity (Wildman–Crippen MR) is 61.8 cm³/mol. The van der Waals surface area contributed by atoms with Crippen molar-refractivity contribution in [2.24, 2.45) is 5.73 Å². The molecular formula is C13H13N3. The van der Waals surface area contributed by atoms with Crippen molar-refractivity contribution < 1.29 is 0 Å². The molecule has 80 valence electrons. The maximum Gasteiger partial charge on any atom is 0.0760 e. The van der Waals surface area contributed by atoms with Crippen molar-refractivity contribution >= 4 is 0 Å². The molecule has 1 aromatic heterocycles. The summed E-state index contributed by atoms with van der Waals surface area (Å²) >= 11 is 0. The molecule has 1 aliphatic carbocycles. The molecule has 0 radical (unpaired) electrons. The number of aromatic nitrogens is 2. The SMILES string of the molecule is NC(c1cnccn1)C1Cc2ccccc21. The van der Waals surface area contributed by atoms with Crippen LogP contribution in [0.4, 0.5) is 0 Å². The number of rotatable bonds is 2. The predicted octanol–water partition coefficient (Wildman–Crippen LogP) is 1.82. The number of nitrogens with zero attached hydrogens (tertiary/aromatic N) is 2. The van der Waals surface area contributed by atoms with Gasteiger partial charge in [-0.1, -0.05) is 24.3 Å². The summed E-state index contributed by atoms with van der Waals surface area (Å²) in [5, 5.41) is 0. The molecule has 0 aliphatic heterocycles. The number of hydrogen-bond acceptors (Lipinski definition) is 3. The van der Waals surface area contributed by atoms with E-state index < -0.39 is 0 Å². The molecule has 2 aromatic rings. The molecule has 0 saturated heterocycles. The molecule has 1 heterocycles. The Morgan fingerprint density at radius 3 is 2.88 bits per heavy atom. The van der Waals surface area contributed by atoms with E-state index >= 15 is 0 Å². The van der Waals surface area contributed by atoms with Gasteiger partial charge in [-0.2, -0.15) is 0 Å². The van der Waals surface area contributed by atoms with Crippen LogP contribution in [0.25, 0.3) is 0 Å². The van der Waals surface area contributed by atoms with Crippen molar-refractivity contribution in [2.45, 2.75) is 18.4 Å². The first kappa shape index (κ1) is 9.48. The maximum absolute atomic E-state index is 6.21. The molecular weight excluding hydrogens is 198 g/mol. The summed E-state index contributed by atoms with van der Waals surface area (Å²) in [5.41, 5.74) is 9.86. The highest BCUT2D eigenvalue weighted by Gasteiger charge is 2.32. The lowest BCUT2D eigenvalue weighted by Gasteiger charge is -2.34. The van der Waals surface area contributed by atoms with Gasteiger partial charge < -0.3 is 5.73 Å². The first-order chi connectivity index (χ1) is 7.86. The summed E-state index contributed by atoms with van der Waals surface area (Å²) in [4.78, 5) is 8.33. The van der Waals surface area contributed by atoms with Crippen LogP contribution in [0.3, 0.4) is 0 Å². The van der Waals surface area contributed by atoms with Crippen LogP contribution in [0.2, 0.25) is 0 Å². The monoisotopic (exact) mass is 211 g/mol. The van der Waals surface area contributed by atoms with Gasteiger partial charge in [-0.15, -0.1) is 0 Å². The van der Waals surface area contributed by atoms with Gasteiger partial charge in [-0.05, 0) is 17.5 Å². The molecule has 1 aliphatic rings. The van der Waals surface area contributed by atoms with Crippen molar-refractivity contribution in [3.05, 3.63) is 59.7 Å². The van der Waals surface area contributed by atoms with Crippen molar-refractivity contribution in [3.63, 3.8) is 0 Å². The Balaban J connectivity index is 1.87. The number of hydrogen-bond donors (Lipinski definition) is 1. The second-order valence-corrected chi connectivity index (χ2v) is 4.17. The Labute approximate surface area is 94.4 Å². The van der Waals surface area contributed by atoms with Crippen LogP contribution < -0.4 is 5.73 Å². The molecule has 2 unspecified atom stereocenters. The molecule has 0 amide bonds. The topological polar surface area (TPSA) is 51.8 Å². The Morgan fingerprint density at radius 1 is 1.25 bits per heavy atom. The molecule has 3 nitrogen and oxygen atoms in total. The van der Waals surface area contributed by atoms with Gasteiger partial charge in [-0.25, -0.2) is 0 Å². The Bertz CT molecular complexity index is 496. The standard InChI is InChI=1S/C13H13N3/c14-13(12-8-15-5-6-16-12)11-7-9-3-1-2-4-10(9)11/h1-6,8,11,13H,7,14H2. The minimum absolute atomic E-state index is 0.0383. The van der Waals surface area contributed by atoms with Crippen molar-refractivity contribution in [2.75, 3.05) is 0 Å². The zero-order valence-corrected chi connectivity index (χ0v) is 8.88. The third kappa shape index (κ3) is 1.41. The van der Waals surface area contributed by atoms with Gasteiger partial charge in [-0.3, -0.25) is 9.97 Å². The zero-order chi connectivity index (χ0) is 11.0. The van der Waals surface area contributed by atoms with Gasteiger partial charge >= 0.3 is 0 Å². The van der Waals surface area contributed by atoms with Gasteiger partial charge in [0.2, 0.25) is 0 Å². The minimum atomic E-state index is -0.0383. The molecule has 16 heavy (non-hydrogen) atoms. The third-order valence-corrected chi connectivity index (χ3v) is 3.25. The fraction of sp³-hybridized carbons (Fsp3) is 0.231. The van der Waals surface area contributed by atoms with E-state index in [1.165, 1.54) is 11.1 Å². The zero-order valence-electron chi connectivity index (χ0n) is 8.88. The number of benzene rings is 1. The lowest BCUT2D eigenvalue weighted by molar-refractivity contribution is 0.489. The highest BCUT2D eigenvalue weighted by Crippen LogP contribution is 2.41. The van der Waals surface area contributed by atoms with E-state index in [2.05, 4.69) is 34.2 Å². The van der Waals surface area contributed by atoms with E-state index in [9.17, 15) is 0 Å². The largest absolute Gasteiger partial charge is 0.322 e. The van der Waals surface area contributed by atoms with E-state index in [4.69, 9.17) is 5.73 Å². The number of fused-ring (bicyclic) bond motifs is 1. The second-order valence-electron chi connectivity index (χ2n) is 4.17. The highest BCUT2D eigenvalue weighted by molar-refractivity contribution is 5.42. The van der Waals surface area contributed by atoms with E-state index in [0.717, 1.165) is 12.1 Å². The van der Waals surface area contributed by atoms with Crippen molar-refractivity contribution in [3.8, 4) is 0 Å². The fourth-order valence-electron chi connectivity index (χ4n) is 2.31. The van der Waals surface area contributed by atoms with Crippen LogP contribution in [0, 0.1) is 0 Å². The maximum atomic E-state index is 6.21. The number of nitrogens with two attached hydrogens (primary N) is 1. The first-order valence-electron chi connectivity index (χ1n) is 5.45. The molecule has 0 spiro atoms.